The summed E-state index contributed by atoms with van der Waals surface area (Å²) in [4.78, 5) is 36.3. The van der Waals surface area contributed by atoms with Crippen LogP contribution in [0.25, 0.3) is 0 Å². The van der Waals surface area contributed by atoms with Crippen LogP contribution in [0.15, 0.2) is 30.3 Å². The van der Waals surface area contributed by atoms with E-state index in [1.165, 1.54) is 7.05 Å². The number of rotatable bonds is 6. The third kappa shape index (κ3) is 7.13. The fourth-order valence-electron chi connectivity index (χ4n) is 2.05. The minimum Gasteiger partial charge on any atom is -0.480 e. The molecule has 24 heavy (non-hydrogen) atoms. The van der Waals surface area contributed by atoms with Crippen LogP contribution in [0.3, 0.4) is 0 Å². The smallest absolute Gasteiger partial charge is 0.408 e. The van der Waals surface area contributed by atoms with E-state index in [0.717, 1.165) is 10.5 Å². The first-order chi connectivity index (χ1) is 11.1. The Hall–Kier alpha value is -2.57. The monoisotopic (exact) mass is 336 g/mol. The van der Waals surface area contributed by atoms with Crippen molar-refractivity contribution in [2.45, 2.75) is 38.8 Å². The van der Waals surface area contributed by atoms with Gasteiger partial charge in [-0.1, -0.05) is 30.3 Å². The maximum absolute atomic E-state index is 12.5. The zero-order chi connectivity index (χ0) is 18.3. The number of carboxylic acid groups (broad SMARTS) is 1. The lowest BCUT2D eigenvalue weighted by molar-refractivity contribution is -0.144. The molecule has 1 atom stereocenters. The quantitative estimate of drug-likeness (QED) is 0.824. The normalized spacial score (nSPS) is 12.2. The molecule has 7 heteroatoms. The van der Waals surface area contributed by atoms with Gasteiger partial charge in [0.05, 0.1) is 0 Å². The molecule has 2 N–H and O–H groups in total. The highest BCUT2D eigenvalue weighted by Gasteiger charge is 2.27. The number of carbonyl (C=O) groups is 3. The van der Waals surface area contributed by atoms with E-state index in [2.05, 4.69) is 5.32 Å². The Morgan fingerprint density at radius 1 is 1.21 bits per heavy atom. The van der Waals surface area contributed by atoms with E-state index in [1.54, 1.807) is 20.8 Å². The summed E-state index contributed by atoms with van der Waals surface area (Å²) in [5, 5.41) is 11.4. The van der Waals surface area contributed by atoms with Crippen molar-refractivity contribution in [3.63, 3.8) is 0 Å². The van der Waals surface area contributed by atoms with Crippen molar-refractivity contribution < 1.29 is 24.2 Å². The molecule has 0 unspecified atom stereocenters. The van der Waals surface area contributed by atoms with Crippen LogP contribution in [0, 0.1) is 0 Å². The maximum atomic E-state index is 12.5. The van der Waals surface area contributed by atoms with Crippen LogP contribution < -0.4 is 5.32 Å². The molecule has 0 aromatic heterocycles. The number of likely N-dealkylation sites (N-methyl/N-ethyl adjacent to an activating group) is 1. The molecule has 0 bridgehead atoms. The first kappa shape index (κ1) is 19.5. The molecule has 0 radical (unpaired) electrons. The number of carbonyl (C=O) groups excluding carboxylic acids is 2. The summed E-state index contributed by atoms with van der Waals surface area (Å²) in [7, 11) is 1.38. The Bertz CT molecular complexity index is 580. The molecule has 7 nitrogen and oxygen atoms in total. The first-order valence-corrected chi connectivity index (χ1v) is 7.58. The van der Waals surface area contributed by atoms with Crippen LogP contribution in [0.1, 0.15) is 26.3 Å². The zero-order valence-electron chi connectivity index (χ0n) is 14.4. The van der Waals surface area contributed by atoms with Gasteiger partial charge in [-0.05, 0) is 26.3 Å². The number of hydrogen-bond donors (Lipinski definition) is 2. The molecule has 0 aliphatic rings. The number of nitrogens with zero attached hydrogens (tertiary/aromatic N) is 1. The van der Waals surface area contributed by atoms with E-state index in [-0.39, 0.29) is 6.42 Å². The lowest BCUT2D eigenvalue weighted by Gasteiger charge is -2.26. The van der Waals surface area contributed by atoms with Crippen LogP contribution in [-0.4, -0.2) is 53.2 Å². The lowest BCUT2D eigenvalue weighted by Crippen LogP contribution is -2.50. The average Bonchev–Trinajstić information content (AvgIpc) is 2.44. The second kappa shape index (κ2) is 8.33. The summed E-state index contributed by atoms with van der Waals surface area (Å²) in [5.41, 5.74) is 0.146. The Morgan fingerprint density at radius 2 is 1.79 bits per heavy atom. The molecular weight excluding hydrogens is 312 g/mol. The van der Waals surface area contributed by atoms with Gasteiger partial charge < -0.3 is 20.1 Å². The summed E-state index contributed by atoms with van der Waals surface area (Å²) in [6.45, 7) is 4.71. The Morgan fingerprint density at radius 3 is 2.29 bits per heavy atom. The Labute approximate surface area is 141 Å². The first-order valence-electron chi connectivity index (χ1n) is 7.58. The van der Waals surface area contributed by atoms with Crippen LogP contribution >= 0.6 is 0 Å². The molecule has 1 aromatic rings. The largest absolute Gasteiger partial charge is 0.480 e. The number of amides is 2. The molecule has 0 spiro atoms. The van der Waals surface area contributed by atoms with Gasteiger partial charge in [-0.3, -0.25) is 9.59 Å². The van der Waals surface area contributed by atoms with Gasteiger partial charge in [0, 0.05) is 13.5 Å². The number of alkyl carbamates (subject to hydrolysis) is 1. The SMILES string of the molecule is CN(CC(=O)O)C(=O)[C@@H](Cc1ccccc1)NC(=O)OC(C)(C)C. The molecule has 2 amide bonds. The van der Waals surface area contributed by atoms with Crippen molar-refractivity contribution in [2.24, 2.45) is 0 Å². The fourth-order valence-corrected chi connectivity index (χ4v) is 2.05. The van der Waals surface area contributed by atoms with Crippen LogP contribution in [0.5, 0.6) is 0 Å². The van der Waals surface area contributed by atoms with E-state index in [4.69, 9.17) is 9.84 Å². The minimum atomic E-state index is -1.12. The molecule has 0 fully saturated rings. The Kier molecular flexibility index (Phi) is 6.76. The molecule has 132 valence electrons. The molecule has 0 aliphatic heterocycles. The van der Waals surface area contributed by atoms with E-state index >= 15 is 0 Å². The molecule has 1 rings (SSSR count). The van der Waals surface area contributed by atoms with E-state index in [1.807, 2.05) is 30.3 Å². The van der Waals surface area contributed by atoms with Crippen LogP contribution in [0.2, 0.25) is 0 Å². The second-order valence-corrected chi connectivity index (χ2v) is 6.48. The molecular formula is C17H24N2O5. The number of ether oxygens (including phenoxy) is 1. The van der Waals surface area contributed by atoms with Crippen molar-refractivity contribution in [3.8, 4) is 0 Å². The van der Waals surface area contributed by atoms with Crippen molar-refractivity contribution in [2.75, 3.05) is 13.6 Å². The van der Waals surface area contributed by atoms with Gasteiger partial charge in [0.25, 0.3) is 0 Å². The number of carboxylic acids is 1. The predicted molar refractivity (Wildman–Crippen MR) is 88.6 cm³/mol. The number of nitrogens with one attached hydrogen (secondary N) is 1. The maximum Gasteiger partial charge on any atom is 0.408 e. The second-order valence-electron chi connectivity index (χ2n) is 6.48. The van der Waals surface area contributed by atoms with Crippen molar-refractivity contribution in [1.29, 1.82) is 0 Å². The van der Waals surface area contributed by atoms with Gasteiger partial charge in [-0.25, -0.2) is 4.79 Å². The van der Waals surface area contributed by atoms with E-state index < -0.39 is 36.2 Å². The third-order valence-electron chi connectivity index (χ3n) is 3.02. The highest BCUT2D eigenvalue weighted by atomic mass is 16.6. The number of aliphatic carboxylic acids is 1. The number of hydrogen-bond acceptors (Lipinski definition) is 4. The third-order valence-corrected chi connectivity index (χ3v) is 3.02. The van der Waals surface area contributed by atoms with Gasteiger partial charge in [0.2, 0.25) is 5.91 Å². The van der Waals surface area contributed by atoms with Crippen LogP contribution in [-0.2, 0) is 20.7 Å². The van der Waals surface area contributed by atoms with Crippen LogP contribution in [0.4, 0.5) is 4.79 Å². The highest BCUT2D eigenvalue weighted by molar-refractivity contribution is 5.88. The number of benzene rings is 1. The van der Waals surface area contributed by atoms with E-state index in [0.29, 0.717) is 0 Å². The standard InChI is InChI=1S/C17H24N2O5/c1-17(2,3)24-16(23)18-13(10-12-8-6-5-7-9-12)15(22)19(4)11-14(20)21/h5-9,13H,10-11H2,1-4H3,(H,18,23)(H,20,21)/t13-/m1/s1. The lowest BCUT2D eigenvalue weighted by atomic mass is 10.0. The molecule has 0 aliphatic carbocycles. The summed E-state index contributed by atoms with van der Waals surface area (Å²) in [6, 6.07) is 8.24. The highest BCUT2D eigenvalue weighted by Crippen LogP contribution is 2.09. The van der Waals surface area contributed by atoms with Crippen molar-refractivity contribution in [1.82, 2.24) is 10.2 Å². The summed E-state index contributed by atoms with van der Waals surface area (Å²) < 4.78 is 5.18. The van der Waals surface area contributed by atoms with Gasteiger partial charge in [-0.15, -0.1) is 0 Å². The zero-order valence-corrected chi connectivity index (χ0v) is 14.4. The van der Waals surface area contributed by atoms with Gasteiger partial charge in [0.1, 0.15) is 18.2 Å². The topological polar surface area (TPSA) is 95.9 Å². The predicted octanol–water partition coefficient (Wildman–Crippen LogP) is 1.67. The van der Waals surface area contributed by atoms with Crippen molar-refractivity contribution >= 4 is 18.0 Å². The summed E-state index contributed by atoms with van der Waals surface area (Å²) in [6.07, 6.45) is -0.483. The van der Waals surface area contributed by atoms with Gasteiger partial charge in [-0.2, -0.15) is 0 Å². The molecule has 0 heterocycles. The molecule has 1 aromatic carbocycles. The van der Waals surface area contributed by atoms with Crippen molar-refractivity contribution in [3.05, 3.63) is 35.9 Å². The fraction of sp³-hybridized carbons (Fsp3) is 0.471. The minimum absolute atomic E-state index is 0.239. The Balaban J connectivity index is 2.88. The summed E-state index contributed by atoms with van der Waals surface area (Å²) in [5.74, 6) is -1.62. The average molecular weight is 336 g/mol. The molecule has 0 saturated heterocycles. The summed E-state index contributed by atoms with van der Waals surface area (Å²) >= 11 is 0. The van der Waals surface area contributed by atoms with Gasteiger partial charge >= 0.3 is 12.1 Å². The molecule has 0 saturated carbocycles. The van der Waals surface area contributed by atoms with Gasteiger partial charge in [0.15, 0.2) is 0 Å². The van der Waals surface area contributed by atoms with E-state index in [9.17, 15) is 14.4 Å².